The first-order valence-corrected chi connectivity index (χ1v) is 9.73. The van der Waals surface area contributed by atoms with Gasteiger partial charge in [0.15, 0.2) is 0 Å². The Morgan fingerprint density at radius 2 is 1.14 bits per heavy atom. The van der Waals surface area contributed by atoms with E-state index in [0.29, 0.717) is 0 Å². The molecule has 0 N–H and O–H groups in total. The zero-order valence-electron chi connectivity index (χ0n) is 16.4. The third-order valence-electron chi connectivity index (χ3n) is 5.14. The van der Waals surface area contributed by atoms with Crippen molar-refractivity contribution in [2.24, 2.45) is 35.5 Å². The second-order valence-corrected chi connectivity index (χ2v) is 8.88. The highest BCUT2D eigenvalue weighted by atomic mass is 14.3. The molecular formula is C21H44. The lowest BCUT2D eigenvalue weighted by Gasteiger charge is -2.28. The summed E-state index contributed by atoms with van der Waals surface area (Å²) in [4.78, 5) is 0. The van der Waals surface area contributed by atoms with E-state index in [0.717, 1.165) is 35.5 Å². The summed E-state index contributed by atoms with van der Waals surface area (Å²) in [6.45, 7) is 19.2. The van der Waals surface area contributed by atoms with E-state index < -0.39 is 0 Å². The second-order valence-electron chi connectivity index (χ2n) is 8.88. The molecule has 0 heterocycles. The van der Waals surface area contributed by atoms with Gasteiger partial charge in [0.2, 0.25) is 0 Å². The minimum atomic E-state index is 0.846. The van der Waals surface area contributed by atoms with Crippen molar-refractivity contribution < 1.29 is 0 Å². The van der Waals surface area contributed by atoms with Crippen LogP contribution in [0.3, 0.4) is 0 Å². The second kappa shape index (κ2) is 11.6. The maximum atomic E-state index is 2.50. The molecule has 0 fully saturated rings. The Morgan fingerprint density at radius 1 is 0.571 bits per heavy atom. The highest BCUT2D eigenvalue weighted by Gasteiger charge is 2.20. The van der Waals surface area contributed by atoms with Gasteiger partial charge in [-0.3, -0.25) is 0 Å². The summed E-state index contributed by atoms with van der Waals surface area (Å²) in [5.74, 6) is 5.32. The van der Waals surface area contributed by atoms with Crippen molar-refractivity contribution in [3.63, 3.8) is 0 Å². The minimum Gasteiger partial charge on any atom is -0.0628 e. The van der Waals surface area contributed by atoms with Crippen LogP contribution in [0.1, 0.15) is 100 Å². The molecule has 0 radical (unpaired) electrons. The molecule has 128 valence electrons. The molecule has 0 aromatic rings. The zero-order valence-corrected chi connectivity index (χ0v) is 16.4. The SMILES string of the molecule is CC(C)CCC(C(C)C)C(C)CCCCC(C)CC(C)C. The normalized spacial score (nSPS) is 16.7. The first kappa shape index (κ1) is 21.0. The lowest BCUT2D eigenvalue weighted by Crippen LogP contribution is -2.18. The fraction of sp³-hybridized carbons (Fsp3) is 1.00. The van der Waals surface area contributed by atoms with E-state index in [1.54, 1.807) is 0 Å². The van der Waals surface area contributed by atoms with Gasteiger partial charge in [0.25, 0.3) is 0 Å². The Labute approximate surface area is 136 Å². The molecule has 3 unspecified atom stereocenters. The molecule has 0 aliphatic heterocycles. The van der Waals surface area contributed by atoms with Crippen molar-refractivity contribution in [2.45, 2.75) is 100 Å². The van der Waals surface area contributed by atoms with Crippen molar-refractivity contribution in [2.75, 3.05) is 0 Å². The molecule has 0 amide bonds. The van der Waals surface area contributed by atoms with E-state index in [4.69, 9.17) is 0 Å². The molecule has 0 rings (SSSR count). The smallest absolute Gasteiger partial charge is 0.0365 e. The maximum Gasteiger partial charge on any atom is -0.0365 e. The van der Waals surface area contributed by atoms with Gasteiger partial charge in [-0.15, -0.1) is 0 Å². The van der Waals surface area contributed by atoms with E-state index in [9.17, 15) is 0 Å². The van der Waals surface area contributed by atoms with Crippen LogP contribution in [0.15, 0.2) is 0 Å². The summed E-state index contributed by atoms with van der Waals surface area (Å²) in [5, 5.41) is 0. The number of hydrogen-bond donors (Lipinski definition) is 0. The molecule has 0 aliphatic carbocycles. The highest BCUT2D eigenvalue weighted by Crippen LogP contribution is 2.31. The summed E-state index contributed by atoms with van der Waals surface area (Å²) in [7, 11) is 0. The van der Waals surface area contributed by atoms with Crippen LogP contribution >= 0.6 is 0 Å². The maximum absolute atomic E-state index is 2.50. The molecule has 0 bridgehead atoms. The van der Waals surface area contributed by atoms with E-state index in [2.05, 4.69) is 55.4 Å². The third kappa shape index (κ3) is 11.2. The average molecular weight is 297 g/mol. The Hall–Kier alpha value is 0. The van der Waals surface area contributed by atoms with Gasteiger partial charge in [-0.2, -0.15) is 0 Å². The molecule has 0 saturated carbocycles. The van der Waals surface area contributed by atoms with Crippen molar-refractivity contribution in [1.29, 1.82) is 0 Å². The van der Waals surface area contributed by atoms with E-state index in [-0.39, 0.29) is 0 Å². The van der Waals surface area contributed by atoms with Crippen LogP contribution in [0.5, 0.6) is 0 Å². The third-order valence-corrected chi connectivity index (χ3v) is 5.14. The van der Waals surface area contributed by atoms with Gasteiger partial charge in [-0.25, -0.2) is 0 Å². The van der Waals surface area contributed by atoms with Crippen LogP contribution in [-0.2, 0) is 0 Å². The molecule has 0 spiro atoms. The molecule has 0 aromatic carbocycles. The monoisotopic (exact) mass is 296 g/mol. The zero-order chi connectivity index (χ0) is 16.4. The minimum absolute atomic E-state index is 0.846. The van der Waals surface area contributed by atoms with E-state index >= 15 is 0 Å². The summed E-state index contributed by atoms with van der Waals surface area (Å²) in [6.07, 6.45) is 9.98. The average Bonchev–Trinajstić information content (AvgIpc) is 2.33. The quantitative estimate of drug-likeness (QED) is 0.326. The van der Waals surface area contributed by atoms with Gasteiger partial charge in [-0.05, 0) is 48.3 Å². The lowest BCUT2D eigenvalue weighted by atomic mass is 9.77. The van der Waals surface area contributed by atoms with E-state index in [1.165, 1.54) is 44.9 Å². The molecular weight excluding hydrogens is 252 g/mol. The van der Waals surface area contributed by atoms with Crippen molar-refractivity contribution in [1.82, 2.24) is 0 Å². The topological polar surface area (TPSA) is 0 Å². The number of hydrogen-bond acceptors (Lipinski definition) is 0. The number of rotatable bonds is 12. The molecule has 0 aromatic heterocycles. The fourth-order valence-electron chi connectivity index (χ4n) is 3.90. The van der Waals surface area contributed by atoms with Gasteiger partial charge < -0.3 is 0 Å². The van der Waals surface area contributed by atoms with Crippen LogP contribution in [0.4, 0.5) is 0 Å². The molecule has 0 saturated heterocycles. The van der Waals surface area contributed by atoms with Gasteiger partial charge in [0, 0.05) is 0 Å². The summed E-state index contributed by atoms with van der Waals surface area (Å²) < 4.78 is 0. The van der Waals surface area contributed by atoms with Crippen LogP contribution in [0, 0.1) is 35.5 Å². The molecule has 0 nitrogen and oxygen atoms in total. The Balaban J connectivity index is 3.94. The van der Waals surface area contributed by atoms with Crippen LogP contribution < -0.4 is 0 Å². The first-order chi connectivity index (χ1) is 9.73. The van der Waals surface area contributed by atoms with Gasteiger partial charge in [0.1, 0.15) is 0 Å². The van der Waals surface area contributed by atoms with Crippen molar-refractivity contribution in [3.05, 3.63) is 0 Å². The fourth-order valence-corrected chi connectivity index (χ4v) is 3.90. The molecule has 21 heavy (non-hydrogen) atoms. The predicted molar refractivity (Wildman–Crippen MR) is 98.7 cm³/mol. The van der Waals surface area contributed by atoms with Crippen LogP contribution in [-0.4, -0.2) is 0 Å². The first-order valence-electron chi connectivity index (χ1n) is 9.73. The molecule has 3 atom stereocenters. The lowest BCUT2D eigenvalue weighted by molar-refractivity contribution is 0.222. The van der Waals surface area contributed by atoms with Crippen molar-refractivity contribution in [3.8, 4) is 0 Å². The van der Waals surface area contributed by atoms with Crippen molar-refractivity contribution >= 4 is 0 Å². The Morgan fingerprint density at radius 3 is 1.62 bits per heavy atom. The highest BCUT2D eigenvalue weighted by molar-refractivity contribution is 4.71. The van der Waals surface area contributed by atoms with Crippen LogP contribution in [0.2, 0.25) is 0 Å². The predicted octanol–water partition coefficient (Wildman–Crippen LogP) is 7.57. The molecule has 0 aliphatic rings. The summed E-state index contributed by atoms with van der Waals surface area (Å²) in [5.41, 5.74) is 0. The summed E-state index contributed by atoms with van der Waals surface area (Å²) in [6, 6.07) is 0. The van der Waals surface area contributed by atoms with Gasteiger partial charge in [-0.1, -0.05) is 87.5 Å². The summed E-state index contributed by atoms with van der Waals surface area (Å²) >= 11 is 0. The van der Waals surface area contributed by atoms with E-state index in [1.807, 2.05) is 0 Å². The number of unbranched alkanes of at least 4 members (excludes halogenated alkanes) is 1. The Bertz CT molecular complexity index is 226. The largest absolute Gasteiger partial charge is 0.0628 e. The van der Waals surface area contributed by atoms with Gasteiger partial charge in [0.05, 0.1) is 0 Å². The standard InChI is InChI=1S/C21H44/c1-16(2)13-14-21(18(5)6)20(8)12-10-9-11-19(7)15-17(3)4/h16-21H,9-15H2,1-8H3. The van der Waals surface area contributed by atoms with Crippen LogP contribution in [0.25, 0.3) is 0 Å². The Kier molecular flexibility index (Phi) is 11.6. The molecule has 0 heteroatoms. The van der Waals surface area contributed by atoms with Gasteiger partial charge >= 0.3 is 0 Å².